The molecule has 4 nitrogen and oxygen atoms in total. The first-order valence-electron chi connectivity index (χ1n) is 5.73. The lowest BCUT2D eigenvalue weighted by Gasteiger charge is -2.18. The third-order valence-corrected chi connectivity index (χ3v) is 5.36. The van der Waals surface area contributed by atoms with Gasteiger partial charge >= 0.3 is 0 Å². The van der Waals surface area contributed by atoms with Crippen LogP contribution in [0.2, 0.25) is 0 Å². The van der Waals surface area contributed by atoms with Crippen LogP contribution in [0.1, 0.15) is 6.42 Å². The molecule has 0 bridgehead atoms. The number of thiol groups is 1. The van der Waals surface area contributed by atoms with Gasteiger partial charge in [-0.2, -0.15) is 12.6 Å². The molecule has 1 aliphatic heterocycles. The molecule has 1 aromatic rings. The molecule has 1 aromatic carbocycles. The fourth-order valence-electron chi connectivity index (χ4n) is 2.07. The maximum atomic E-state index is 11.9. The third-order valence-electron chi connectivity index (χ3n) is 3.10. The maximum Gasteiger partial charge on any atom is 0.227 e. The number of hydrogen-bond acceptors (Lipinski definition) is 4. The summed E-state index contributed by atoms with van der Waals surface area (Å²) < 4.78 is 23.6. The molecular weight excluding hydrogens is 350 g/mol. The lowest BCUT2D eigenvalue weighted by atomic mass is 10.1. The Balaban J connectivity index is 2.35. The Labute approximate surface area is 126 Å². The van der Waals surface area contributed by atoms with Crippen LogP contribution in [0.15, 0.2) is 27.6 Å². The van der Waals surface area contributed by atoms with Crippen LogP contribution in [-0.2, 0) is 14.6 Å². The minimum Gasteiger partial charge on any atom is -0.311 e. The van der Waals surface area contributed by atoms with Crippen molar-refractivity contribution in [2.75, 3.05) is 23.5 Å². The van der Waals surface area contributed by atoms with E-state index in [-0.39, 0.29) is 16.7 Å². The van der Waals surface area contributed by atoms with Gasteiger partial charge in [-0.25, -0.2) is 8.42 Å². The van der Waals surface area contributed by atoms with Crippen LogP contribution >= 0.6 is 28.6 Å². The predicted molar refractivity (Wildman–Crippen MR) is 81.6 cm³/mol. The Kier molecular flexibility index (Phi) is 4.27. The number of nitrogens with zero attached hydrogens (tertiary/aromatic N) is 1. The Morgan fingerprint density at radius 3 is 2.63 bits per heavy atom. The molecule has 0 aliphatic carbocycles. The molecule has 0 N–H and O–H groups in total. The summed E-state index contributed by atoms with van der Waals surface area (Å²) in [5.41, 5.74) is 0.710. The van der Waals surface area contributed by atoms with E-state index in [1.165, 1.54) is 12.1 Å². The molecule has 7 heteroatoms. The molecule has 1 saturated heterocycles. The van der Waals surface area contributed by atoms with E-state index >= 15 is 0 Å². The Morgan fingerprint density at radius 1 is 1.47 bits per heavy atom. The quantitative estimate of drug-likeness (QED) is 0.837. The second-order valence-corrected chi connectivity index (χ2v) is 7.88. The van der Waals surface area contributed by atoms with Crippen molar-refractivity contribution in [3.63, 3.8) is 0 Å². The molecule has 0 spiro atoms. The van der Waals surface area contributed by atoms with E-state index < -0.39 is 9.84 Å². The largest absolute Gasteiger partial charge is 0.311 e. The zero-order chi connectivity index (χ0) is 14.2. The number of benzene rings is 1. The van der Waals surface area contributed by atoms with Crippen LogP contribution in [0.5, 0.6) is 0 Å². The van der Waals surface area contributed by atoms with Gasteiger partial charge in [0.2, 0.25) is 5.91 Å². The first-order valence-corrected chi connectivity index (χ1v) is 9.05. The minimum atomic E-state index is -3.24. The van der Waals surface area contributed by atoms with Gasteiger partial charge in [-0.05, 0) is 45.8 Å². The Hall–Kier alpha value is -0.530. The third kappa shape index (κ3) is 3.14. The van der Waals surface area contributed by atoms with Gasteiger partial charge < -0.3 is 4.90 Å². The molecule has 0 radical (unpaired) electrons. The molecule has 1 atom stereocenters. The van der Waals surface area contributed by atoms with Gasteiger partial charge in [-0.15, -0.1) is 0 Å². The molecular formula is C12H14BrNO3S2. The highest BCUT2D eigenvalue weighted by molar-refractivity contribution is 9.10. The molecule has 0 aromatic heterocycles. The number of hydrogen-bond donors (Lipinski definition) is 1. The van der Waals surface area contributed by atoms with Crippen molar-refractivity contribution in [1.29, 1.82) is 0 Å². The second kappa shape index (κ2) is 5.46. The average molecular weight is 364 g/mol. The number of carbonyl (C=O) groups is 1. The van der Waals surface area contributed by atoms with Crippen LogP contribution in [-0.4, -0.2) is 32.9 Å². The van der Waals surface area contributed by atoms with Crippen molar-refractivity contribution < 1.29 is 13.2 Å². The van der Waals surface area contributed by atoms with Crippen molar-refractivity contribution in [3.05, 3.63) is 22.7 Å². The lowest BCUT2D eigenvalue weighted by molar-refractivity contribution is -0.117. The zero-order valence-electron chi connectivity index (χ0n) is 10.3. The number of sulfone groups is 1. The van der Waals surface area contributed by atoms with E-state index in [9.17, 15) is 13.2 Å². The maximum absolute atomic E-state index is 11.9. The summed E-state index contributed by atoms with van der Waals surface area (Å²) in [6, 6.07) is 4.72. The van der Waals surface area contributed by atoms with Gasteiger partial charge in [-0.1, -0.05) is 0 Å². The summed E-state index contributed by atoms with van der Waals surface area (Å²) in [4.78, 5) is 13.8. The van der Waals surface area contributed by atoms with E-state index in [1.807, 2.05) is 0 Å². The number of amides is 1. The fraction of sp³-hybridized carbons (Fsp3) is 0.417. The van der Waals surface area contributed by atoms with Gasteiger partial charge in [0, 0.05) is 23.7 Å². The molecule has 104 valence electrons. The molecule has 1 fully saturated rings. The van der Waals surface area contributed by atoms with Crippen LogP contribution in [0.3, 0.4) is 0 Å². The van der Waals surface area contributed by atoms with E-state index in [2.05, 4.69) is 28.6 Å². The average Bonchev–Trinajstić information content (AvgIpc) is 2.69. The van der Waals surface area contributed by atoms with Gasteiger partial charge in [0.05, 0.1) is 10.6 Å². The van der Waals surface area contributed by atoms with Gasteiger partial charge in [0.25, 0.3) is 0 Å². The molecule has 1 heterocycles. The molecule has 1 amide bonds. The summed E-state index contributed by atoms with van der Waals surface area (Å²) in [6.45, 7) is 0.624. The van der Waals surface area contributed by atoms with Gasteiger partial charge in [0.1, 0.15) is 0 Å². The number of halogens is 1. The summed E-state index contributed by atoms with van der Waals surface area (Å²) in [5.74, 6) is 0.963. The van der Waals surface area contributed by atoms with Crippen LogP contribution in [0, 0.1) is 5.92 Å². The van der Waals surface area contributed by atoms with E-state index in [0.29, 0.717) is 28.9 Å². The summed E-state index contributed by atoms with van der Waals surface area (Å²) in [5, 5.41) is 0. The van der Waals surface area contributed by atoms with Crippen molar-refractivity contribution in [2.24, 2.45) is 5.92 Å². The van der Waals surface area contributed by atoms with Crippen molar-refractivity contribution in [3.8, 4) is 0 Å². The number of anilines is 1. The summed E-state index contributed by atoms with van der Waals surface area (Å²) >= 11 is 7.56. The minimum absolute atomic E-state index is 0.0480. The topological polar surface area (TPSA) is 54.5 Å². The van der Waals surface area contributed by atoms with Crippen molar-refractivity contribution >= 4 is 50.0 Å². The molecule has 0 saturated carbocycles. The first kappa shape index (κ1) is 14.9. The lowest BCUT2D eigenvalue weighted by Crippen LogP contribution is -2.25. The second-order valence-electron chi connectivity index (χ2n) is 4.64. The van der Waals surface area contributed by atoms with Crippen LogP contribution in [0.25, 0.3) is 0 Å². The highest BCUT2D eigenvalue weighted by Crippen LogP contribution is 2.33. The normalized spacial score (nSPS) is 20.1. The highest BCUT2D eigenvalue weighted by Gasteiger charge is 2.30. The zero-order valence-corrected chi connectivity index (χ0v) is 13.6. The first-order chi connectivity index (χ1) is 8.82. The standard InChI is InChI=1S/C12H14BrNO3S2/c1-19(16,17)9-2-3-11(10(13)5-9)14-6-8(7-18)4-12(14)15/h2-3,5,8,18H,4,6-7H2,1H3. The van der Waals surface area contributed by atoms with Crippen LogP contribution < -0.4 is 4.90 Å². The SMILES string of the molecule is CS(=O)(=O)c1ccc(N2CC(CS)CC2=O)c(Br)c1. The molecule has 2 rings (SSSR count). The Morgan fingerprint density at radius 2 is 2.16 bits per heavy atom. The summed E-state index contributed by atoms with van der Waals surface area (Å²) in [7, 11) is -3.24. The summed E-state index contributed by atoms with van der Waals surface area (Å²) in [6.07, 6.45) is 1.65. The number of carbonyl (C=O) groups excluding carboxylic acids is 1. The molecule has 1 unspecified atom stereocenters. The predicted octanol–water partition coefficient (Wildman–Crippen LogP) is 2.14. The monoisotopic (exact) mass is 363 g/mol. The van der Waals surface area contributed by atoms with Crippen molar-refractivity contribution in [1.82, 2.24) is 0 Å². The fourth-order valence-corrected chi connectivity index (χ4v) is 3.71. The Bertz CT molecular complexity index is 615. The number of rotatable bonds is 3. The molecule has 19 heavy (non-hydrogen) atoms. The molecule has 1 aliphatic rings. The van der Waals surface area contributed by atoms with Gasteiger partial charge in [0.15, 0.2) is 9.84 Å². The van der Waals surface area contributed by atoms with Gasteiger partial charge in [-0.3, -0.25) is 4.79 Å². The van der Waals surface area contributed by atoms with Crippen LogP contribution in [0.4, 0.5) is 5.69 Å². The van der Waals surface area contributed by atoms with E-state index in [4.69, 9.17) is 0 Å². The highest BCUT2D eigenvalue weighted by atomic mass is 79.9. The van der Waals surface area contributed by atoms with E-state index in [1.54, 1.807) is 11.0 Å². The van der Waals surface area contributed by atoms with E-state index in [0.717, 1.165) is 6.26 Å². The smallest absolute Gasteiger partial charge is 0.227 e. The van der Waals surface area contributed by atoms with Crippen molar-refractivity contribution in [2.45, 2.75) is 11.3 Å².